The number of nitro benzene ring substituents is 1. The third-order valence-electron chi connectivity index (χ3n) is 3.38. The van der Waals surface area contributed by atoms with E-state index < -0.39 is 23.3 Å². The van der Waals surface area contributed by atoms with Crippen LogP contribution in [0.1, 0.15) is 10.4 Å². The molecular weight excluding hydrogens is 435 g/mol. The SMILES string of the molecule is COc1ccc(C(=O)NCC(=O)NNc2c(Cl)cc(Cl)cc2Cl)cc1[N+](=O)[O-]. The minimum Gasteiger partial charge on any atom is -0.490 e. The van der Waals surface area contributed by atoms with Gasteiger partial charge in [0.05, 0.1) is 34.3 Å². The fourth-order valence-electron chi connectivity index (χ4n) is 2.07. The number of ether oxygens (including phenoxy) is 1. The van der Waals surface area contributed by atoms with Crippen LogP contribution in [0.3, 0.4) is 0 Å². The fraction of sp³-hybridized carbons (Fsp3) is 0.125. The predicted molar refractivity (Wildman–Crippen MR) is 105 cm³/mol. The van der Waals surface area contributed by atoms with Crippen LogP contribution in [0.15, 0.2) is 30.3 Å². The van der Waals surface area contributed by atoms with Crippen LogP contribution in [0, 0.1) is 10.1 Å². The van der Waals surface area contributed by atoms with Crippen molar-refractivity contribution in [2.24, 2.45) is 0 Å². The quantitative estimate of drug-likeness (QED) is 0.441. The van der Waals surface area contributed by atoms with Crippen molar-refractivity contribution >= 4 is 58.0 Å². The molecule has 3 N–H and O–H groups in total. The highest BCUT2D eigenvalue weighted by atomic mass is 35.5. The molecule has 0 aliphatic carbocycles. The number of carbonyl (C=O) groups is 2. The second-order valence-electron chi connectivity index (χ2n) is 5.24. The Hall–Kier alpha value is -2.75. The summed E-state index contributed by atoms with van der Waals surface area (Å²) in [6.07, 6.45) is 0. The lowest BCUT2D eigenvalue weighted by molar-refractivity contribution is -0.385. The van der Waals surface area contributed by atoms with Crippen LogP contribution in [0.25, 0.3) is 0 Å². The van der Waals surface area contributed by atoms with Gasteiger partial charge in [0.15, 0.2) is 5.75 Å². The van der Waals surface area contributed by atoms with E-state index in [1.54, 1.807) is 0 Å². The van der Waals surface area contributed by atoms with Gasteiger partial charge in [0.1, 0.15) is 0 Å². The summed E-state index contributed by atoms with van der Waals surface area (Å²) < 4.78 is 4.86. The van der Waals surface area contributed by atoms with Crippen LogP contribution in [0.5, 0.6) is 5.75 Å². The van der Waals surface area contributed by atoms with E-state index in [-0.39, 0.29) is 32.7 Å². The number of hydrogen-bond donors (Lipinski definition) is 3. The molecular formula is C16H13Cl3N4O5. The normalized spacial score (nSPS) is 10.1. The zero-order valence-corrected chi connectivity index (χ0v) is 16.5. The number of hydrazine groups is 1. The number of nitrogens with one attached hydrogen (secondary N) is 3. The molecule has 0 aliphatic heterocycles. The maximum Gasteiger partial charge on any atom is 0.311 e. The molecule has 0 aromatic heterocycles. The summed E-state index contributed by atoms with van der Waals surface area (Å²) in [6, 6.07) is 6.55. The van der Waals surface area contributed by atoms with Gasteiger partial charge in [-0.25, -0.2) is 0 Å². The van der Waals surface area contributed by atoms with Crippen LogP contribution >= 0.6 is 34.8 Å². The van der Waals surface area contributed by atoms with Crippen molar-refractivity contribution in [3.05, 3.63) is 61.1 Å². The Kier molecular flexibility index (Phi) is 7.27. The predicted octanol–water partition coefficient (Wildman–Crippen LogP) is 3.44. The molecule has 0 atom stereocenters. The molecule has 2 aromatic carbocycles. The van der Waals surface area contributed by atoms with Gasteiger partial charge in [-0.1, -0.05) is 34.8 Å². The van der Waals surface area contributed by atoms with Gasteiger partial charge in [-0.3, -0.25) is 30.6 Å². The van der Waals surface area contributed by atoms with E-state index in [2.05, 4.69) is 16.2 Å². The number of methoxy groups -OCH3 is 1. The zero-order chi connectivity index (χ0) is 20.8. The highest BCUT2D eigenvalue weighted by Crippen LogP contribution is 2.33. The molecule has 0 spiro atoms. The summed E-state index contributed by atoms with van der Waals surface area (Å²) in [5, 5.41) is 14.0. The van der Waals surface area contributed by atoms with Crippen molar-refractivity contribution in [1.29, 1.82) is 0 Å². The molecule has 148 valence electrons. The number of hydrogen-bond acceptors (Lipinski definition) is 6. The molecule has 0 bridgehead atoms. The first-order valence-electron chi connectivity index (χ1n) is 7.53. The van der Waals surface area contributed by atoms with Gasteiger partial charge < -0.3 is 10.1 Å². The monoisotopic (exact) mass is 446 g/mol. The highest BCUT2D eigenvalue weighted by Gasteiger charge is 2.18. The van der Waals surface area contributed by atoms with E-state index >= 15 is 0 Å². The van der Waals surface area contributed by atoms with Crippen LogP contribution in [-0.2, 0) is 4.79 Å². The van der Waals surface area contributed by atoms with E-state index in [9.17, 15) is 19.7 Å². The van der Waals surface area contributed by atoms with Crippen molar-refractivity contribution in [3.8, 4) is 5.75 Å². The number of anilines is 1. The summed E-state index contributed by atoms with van der Waals surface area (Å²) in [7, 11) is 1.28. The van der Waals surface area contributed by atoms with Crippen LogP contribution in [0.2, 0.25) is 15.1 Å². The number of carbonyl (C=O) groups excluding carboxylic acids is 2. The number of amides is 2. The lowest BCUT2D eigenvalue weighted by Crippen LogP contribution is -2.39. The molecule has 2 aromatic rings. The minimum atomic E-state index is -0.677. The van der Waals surface area contributed by atoms with Crippen molar-refractivity contribution in [2.75, 3.05) is 19.1 Å². The van der Waals surface area contributed by atoms with Gasteiger partial charge in [-0.15, -0.1) is 0 Å². The minimum absolute atomic E-state index is 0.00273. The number of nitrogens with zero attached hydrogens (tertiary/aromatic N) is 1. The molecule has 0 heterocycles. The molecule has 9 nitrogen and oxygen atoms in total. The topological polar surface area (TPSA) is 123 Å². The Bertz CT molecular complexity index is 915. The van der Waals surface area contributed by atoms with Gasteiger partial charge in [0.25, 0.3) is 11.8 Å². The smallest absolute Gasteiger partial charge is 0.311 e. The second-order valence-corrected chi connectivity index (χ2v) is 6.49. The third-order valence-corrected chi connectivity index (χ3v) is 4.20. The Morgan fingerprint density at radius 3 is 2.36 bits per heavy atom. The summed E-state index contributed by atoms with van der Waals surface area (Å²) >= 11 is 17.7. The molecule has 0 unspecified atom stereocenters. The summed E-state index contributed by atoms with van der Waals surface area (Å²) in [4.78, 5) is 34.3. The first kappa shape index (κ1) is 21.5. The molecule has 0 saturated carbocycles. The lowest BCUT2D eigenvalue weighted by Gasteiger charge is -2.12. The highest BCUT2D eigenvalue weighted by molar-refractivity contribution is 6.41. The zero-order valence-electron chi connectivity index (χ0n) is 14.2. The number of halogens is 3. The number of nitro groups is 1. The average Bonchev–Trinajstić information content (AvgIpc) is 2.64. The largest absolute Gasteiger partial charge is 0.490 e. The first-order valence-corrected chi connectivity index (χ1v) is 8.66. The summed E-state index contributed by atoms with van der Waals surface area (Å²) in [5.41, 5.74) is 4.71. The first-order chi connectivity index (χ1) is 13.2. The van der Waals surface area contributed by atoms with Crippen LogP contribution in [-0.4, -0.2) is 30.4 Å². The van der Waals surface area contributed by atoms with E-state index in [1.165, 1.54) is 31.4 Å². The van der Waals surface area contributed by atoms with Crippen molar-refractivity contribution in [3.63, 3.8) is 0 Å². The van der Waals surface area contributed by atoms with Gasteiger partial charge in [0.2, 0.25) is 0 Å². The Morgan fingerprint density at radius 1 is 1.14 bits per heavy atom. The van der Waals surface area contributed by atoms with E-state index in [1.807, 2.05) is 0 Å². The number of benzene rings is 2. The molecule has 28 heavy (non-hydrogen) atoms. The van der Waals surface area contributed by atoms with E-state index in [0.29, 0.717) is 5.02 Å². The molecule has 0 saturated heterocycles. The summed E-state index contributed by atoms with van der Waals surface area (Å²) in [6.45, 7) is -0.408. The molecule has 0 radical (unpaired) electrons. The van der Waals surface area contributed by atoms with Gasteiger partial charge in [0, 0.05) is 16.7 Å². The molecule has 12 heteroatoms. The van der Waals surface area contributed by atoms with Gasteiger partial charge in [-0.2, -0.15) is 0 Å². The van der Waals surface area contributed by atoms with E-state index in [0.717, 1.165) is 6.07 Å². The Labute approximate surface area is 174 Å². The maximum atomic E-state index is 12.1. The van der Waals surface area contributed by atoms with Crippen molar-refractivity contribution in [1.82, 2.24) is 10.7 Å². The van der Waals surface area contributed by atoms with Crippen LogP contribution in [0.4, 0.5) is 11.4 Å². The van der Waals surface area contributed by atoms with Crippen molar-refractivity contribution in [2.45, 2.75) is 0 Å². The third kappa shape index (κ3) is 5.38. The van der Waals surface area contributed by atoms with Crippen molar-refractivity contribution < 1.29 is 19.2 Å². The van der Waals surface area contributed by atoms with Gasteiger partial charge >= 0.3 is 5.69 Å². The molecule has 0 fully saturated rings. The molecule has 0 aliphatic rings. The summed E-state index contributed by atoms with van der Waals surface area (Å²) in [5.74, 6) is -1.28. The van der Waals surface area contributed by atoms with Crippen LogP contribution < -0.4 is 20.9 Å². The standard InChI is InChI=1S/C16H13Cl3N4O5/c1-28-13-3-2-8(4-12(13)23(26)27)16(25)20-7-14(24)21-22-15-10(18)5-9(17)6-11(15)19/h2-6,22H,7H2,1H3,(H,20,25)(H,21,24). The van der Waals surface area contributed by atoms with Gasteiger partial charge in [-0.05, 0) is 24.3 Å². The average molecular weight is 448 g/mol. The molecule has 2 rings (SSSR count). The fourth-order valence-corrected chi connectivity index (χ4v) is 2.99. The molecule has 2 amide bonds. The second kappa shape index (κ2) is 9.45. The lowest BCUT2D eigenvalue weighted by atomic mass is 10.1. The Morgan fingerprint density at radius 2 is 1.79 bits per heavy atom. The number of rotatable bonds is 7. The maximum absolute atomic E-state index is 12.1. The Balaban J connectivity index is 1.95. The van der Waals surface area contributed by atoms with E-state index in [4.69, 9.17) is 39.5 Å².